The summed E-state index contributed by atoms with van der Waals surface area (Å²) in [5.74, 6) is 1.40. The summed E-state index contributed by atoms with van der Waals surface area (Å²) in [5.41, 5.74) is 3.49. The predicted molar refractivity (Wildman–Crippen MR) is 118 cm³/mol. The molecule has 3 aromatic rings. The van der Waals surface area contributed by atoms with Gasteiger partial charge in [0, 0.05) is 12.3 Å². The van der Waals surface area contributed by atoms with Crippen molar-refractivity contribution < 1.29 is 9.53 Å². The van der Waals surface area contributed by atoms with Gasteiger partial charge >= 0.3 is 0 Å². The van der Waals surface area contributed by atoms with Gasteiger partial charge in [-0.1, -0.05) is 60.6 Å². The minimum atomic E-state index is -0.336. The lowest BCUT2D eigenvalue weighted by Gasteiger charge is -2.24. The van der Waals surface area contributed by atoms with Gasteiger partial charge in [-0.2, -0.15) is 0 Å². The highest BCUT2D eigenvalue weighted by molar-refractivity contribution is 7.99. The van der Waals surface area contributed by atoms with E-state index in [9.17, 15) is 9.59 Å². The van der Waals surface area contributed by atoms with Crippen molar-refractivity contribution in [2.45, 2.75) is 37.9 Å². The van der Waals surface area contributed by atoms with Crippen molar-refractivity contribution in [3.63, 3.8) is 0 Å². The second-order valence-corrected chi connectivity index (χ2v) is 8.47. The van der Waals surface area contributed by atoms with E-state index in [-0.39, 0.29) is 23.8 Å². The Hall–Kier alpha value is -3.06. The Morgan fingerprint density at radius 2 is 1.83 bits per heavy atom. The Labute approximate surface area is 179 Å². The topological polar surface area (TPSA) is 84.1 Å². The van der Waals surface area contributed by atoms with Gasteiger partial charge in [0.2, 0.25) is 5.91 Å². The van der Waals surface area contributed by atoms with E-state index in [1.165, 1.54) is 17.3 Å². The number of nitrogens with zero attached hydrogens (tertiary/aromatic N) is 1. The fourth-order valence-electron chi connectivity index (χ4n) is 3.49. The Morgan fingerprint density at radius 3 is 2.53 bits per heavy atom. The maximum absolute atomic E-state index is 12.7. The third kappa shape index (κ3) is 4.41. The van der Waals surface area contributed by atoms with E-state index in [2.05, 4.69) is 34.3 Å². The lowest BCUT2D eigenvalue weighted by atomic mass is 9.87. The molecule has 4 rings (SSSR count). The number of carbonyl (C=O) groups excluding carboxylic acids is 1. The summed E-state index contributed by atoms with van der Waals surface area (Å²) >= 11 is 1.43. The van der Waals surface area contributed by atoms with Gasteiger partial charge in [0.25, 0.3) is 5.56 Å². The number of ether oxygens (including phenoxy) is 1. The molecular weight excluding hydrogens is 398 g/mol. The Morgan fingerprint density at radius 1 is 1.10 bits per heavy atom. The summed E-state index contributed by atoms with van der Waals surface area (Å²) in [5, 5.41) is 3.26. The Balaban J connectivity index is 1.55. The molecule has 0 radical (unpaired) electrons. The maximum Gasteiger partial charge on any atom is 0.257 e. The van der Waals surface area contributed by atoms with Crippen LogP contribution in [0.1, 0.15) is 41.5 Å². The number of anilines is 1. The number of thioether (sulfide) groups is 1. The van der Waals surface area contributed by atoms with Gasteiger partial charge in [-0.25, -0.2) is 4.98 Å². The number of rotatable bonds is 6. The molecule has 2 aromatic carbocycles. The molecule has 0 saturated carbocycles. The fourth-order valence-corrected chi connectivity index (χ4v) is 4.08. The van der Waals surface area contributed by atoms with Crippen LogP contribution >= 0.6 is 11.8 Å². The number of benzene rings is 2. The van der Waals surface area contributed by atoms with Crippen molar-refractivity contribution in [1.29, 1.82) is 0 Å². The van der Waals surface area contributed by atoms with Gasteiger partial charge in [-0.15, -0.1) is 0 Å². The number of hydrogen-bond acceptors (Lipinski definition) is 5. The average molecular weight is 422 g/mol. The molecule has 6 nitrogen and oxygen atoms in total. The van der Waals surface area contributed by atoms with E-state index in [0.29, 0.717) is 23.1 Å². The highest BCUT2D eigenvalue weighted by atomic mass is 32.2. The van der Waals surface area contributed by atoms with Gasteiger partial charge in [0.15, 0.2) is 5.16 Å². The first-order valence-electron chi connectivity index (χ1n) is 9.88. The monoisotopic (exact) mass is 421 g/mol. The zero-order valence-corrected chi connectivity index (χ0v) is 17.7. The first-order valence-corrected chi connectivity index (χ1v) is 10.9. The zero-order chi connectivity index (χ0) is 21.1. The van der Waals surface area contributed by atoms with Crippen LogP contribution in [0, 0.1) is 6.92 Å². The second kappa shape index (κ2) is 8.75. The quantitative estimate of drug-likeness (QED) is 0.459. The van der Waals surface area contributed by atoms with Crippen molar-refractivity contribution in [2.75, 3.05) is 11.1 Å². The normalized spacial score (nSPS) is 15.4. The number of hydrogen-bond donors (Lipinski definition) is 2. The molecule has 1 aliphatic heterocycles. The van der Waals surface area contributed by atoms with Crippen LogP contribution in [0.3, 0.4) is 0 Å². The average Bonchev–Trinajstić information content (AvgIpc) is 2.73. The number of amides is 1. The molecule has 1 atom stereocenters. The molecule has 154 valence electrons. The smallest absolute Gasteiger partial charge is 0.257 e. The van der Waals surface area contributed by atoms with Gasteiger partial charge in [0.05, 0.1) is 5.56 Å². The van der Waals surface area contributed by atoms with Crippen LogP contribution < -0.4 is 15.6 Å². The molecule has 2 N–H and O–H groups in total. The standard InChI is InChI=1S/C23H23N3O3S/c1-3-30-23-25-21-20(22(28)26-23)18(12-19(27)24-21)16-8-10-17(11-9-16)29-13-15-6-4-14(2)5-7-15/h4-11,18H,3,12-13H2,1-2H3,(H2,24,25,26,27,28). The van der Waals surface area contributed by atoms with E-state index in [1.54, 1.807) is 0 Å². The SMILES string of the molecule is CCSc1nc2c(c(=O)[nH]1)C(c1ccc(OCc3ccc(C)cc3)cc1)CC(=O)N2. The third-order valence-electron chi connectivity index (χ3n) is 5.02. The molecule has 1 aromatic heterocycles. The highest BCUT2D eigenvalue weighted by Gasteiger charge is 2.30. The molecule has 1 amide bonds. The molecular formula is C23H23N3O3S. The minimum Gasteiger partial charge on any atom is -0.489 e. The molecule has 1 aliphatic rings. The van der Waals surface area contributed by atoms with E-state index >= 15 is 0 Å². The van der Waals surface area contributed by atoms with Crippen LogP contribution in [0.2, 0.25) is 0 Å². The lowest BCUT2D eigenvalue weighted by Crippen LogP contribution is -2.31. The summed E-state index contributed by atoms with van der Waals surface area (Å²) < 4.78 is 5.87. The summed E-state index contributed by atoms with van der Waals surface area (Å²) in [7, 11) is 0. The summed E-state index contributed by atoms with van der Waals surface area (Å²) in [6.07, 6.45) is 0.210. The number of nitrogens with one attached hydrogen (secondary N) is 2. The molecule has 0 fully saturated rings. The van der Waals surface area contributed by atoms with E-state index < -0.39 is 0 Å². The lowest BCUT2D eigenvalue weighted by molar-refractivity contribution is -0.116. The second-order valence-electron chi connectivity index (χ2n) is 7.21. The van der Waals surface area contributed by atoms with Crippen molar-refractivity contribution in [3.8, 4) is 5.75 Å². The van der Waals surface area contributed by atoms with Gasteiger partial charge in [0.1, 0.15) is 18.2 Å². The van der Waals surface area contributed by atoms with Crippen LogP contribution in [0.15, 0.2) is 58.5 Å². The summed E-state index contributed by atoms with van der Waals surface area (Å²) in [6, 6.07) is 15.8. The first kappa shape index (κ1) is 20.2. The van der Waals surface area contributed by atoms with E-state index in [0.717, 1.165) is 22.6 Å². The molecule has 0 spiro atoms. The third-order valence-corrected chi connectivity index (χ3v) is 5.77. The highest BCUT2D eigenvalue weighted by Crippen LogP contribution is 2.35. The van der Waals surface area contributed by atoms with Crippen molar-refractivity contribution in [3.05, 3.63) is 81.1 Å². The zero-order valence-electron chi connectivity index (χ0n) is 16.9. The Bertz CT molecular complexity index is 1110. The predicted octanol–water partition coefficient (Wildman–Crippen LogP) is 4.24. The van der Waals surface area contributed by atoms with Crippen LogP contribution in [-0.2, 0) is 11.4 Å². The maximum atomic E-state index is 12.7. The largest absolute Gasteiger partial charge is 0.489 e. The molecule has 0 aliphatic carbocycles. The molecule has 30 heavy (non-hydrogen) atoms. The van der Waals surface area contributed by atoms with Crippen molar-refractivity contribution in [1.82, 2.24) is 9.97 Å². The minimum absolute atomic E-state index is 0.141. The van der Waals surface area contributed by atoms with E-state index in [1.807, 2.05) is 43.3 Å². The number of H-pyrrole nitrogens is 1. The number of aromatic nitrogens is 2. The van der Waals surface area contributed by atoms with Crippen LogP contribution in [0.4, 0.5) is 5.82 Å². The van der Waals surface area contributed by atoms with Gasteiger partial charge in [-0.3, -0.25) is 9.59 Å². The molecule has 0 bridgehead atoms. The number of aryl methyl sites for hydroxylation is 1. The van der Waals surface area contributed by atoms with Gasteiger partial charge in [-0.05, 0) is 35.9 Å². The van der Waals surface area contributed by atoms with Crippen LogP contribution in [0.25, 0.3) is 0 Å². The van der Waals surface area contributed by atoms with Crippen molar-refractivity contribution in [2.24, 2.45) is 0 Å². The van der Waals surface area contributed by atoms with E-state index in [4.69, 9.17) is 4.74 Å². The number of aromatic amines is 1. The summed E-state index contributed by atoms with van der Waals surface area (Å²) in [4.78, 5) is 32.2. The summed E-state index contributed by atoms with van der Waals surface area (Å²) in [6.45, 7) is 4.51. The van der Waals surface area contributed by atoms with Crippen molar-refractivity contribution >= 4 is 23.5 Å². The molecule has 2 heterocycles. The number of fused-ring (bicyclic) bond motifs is 1. The van der Waals surface area contributed by atoms with Gasteiger partial charge < -0.3 is 15.0 Å². The van der Waals surface area contributed by atoms with Crippen LogP contribution in [-0.4, -0.2) is 21.6 Å². The fraction of sp³-hybridized carbons (Fsp3) is 0.261. The first-order chi connectivity index (χ1) is 14.5. The molecule has 7 heteroatoms. The molecule has 1 unspecified atom stereocenters. The number of carbonyl (C=O) groups is 1. The van der Waals surface area contributed by atoms with Crippen LogP contribution in [0.5, 0.6) is 5.75 Å². The molecule has 0 saturated heterocycles. The Kier molecular flexibility index (Phi) is 5.90.